The zero-order valence-electron chi connectivity index (χ0n) is 7.03. The molecule has 6 nitrogen and oxygen atoms in total. The molecule has 1 fully saturated rings. The number of rotatable bonds is 2. The summed E-state index contributed by atoms with van der Waals surface area (Å²) in [6, 6.07) is -0.442. The Morgan fingerprint density at radius 2 is 2.50 bits per heavy atom. The zero-order chi connectivity index (χ0) is 9.97. The number of aromatic nitrogens is 2. The molecule has 1 atom stereocenters. The first kappa shape index (κ1) is 9.17. The van der Waals surface area contributed by atoms with Gasteiger partial charge in [-0.3, -0.25) is 14.6 Å². The van der Waals surface area contributed by atoms with Gasteiger partial charge < -0.3 is 5.32 Å². The number of amides is 1. The fourth-order valence-corrected chi connectivity index (χ4v) is 1.19. The molecule has 0 aliphatic carbocycles. The van der Waals surface area contributed by atoms with Crippen molar-refractivity contribution in [2.75, 3.05) is 11.9 Å². The monoisotopic (exact) mass is 214 g/mol. The van der Waals surface area contributed by atoms with Gasteiger partial charge in [0.1, 0.15) is 23.6 Å². The summed E-state index contributed by atoms with van der Waals surface area (Å²) >= 11 is 5.62. The Bertz CT molecular complexity index is 359. The Morgan fingerprint density at radius 3 is 3.14 bits per heavy atom. The molecule has 0 bridgehead atoms. The van der Waals surface area contributed by atoms with E-state index < -0.39 is 6.04 Å². The molecule has 74 valence electrons. The molecule has 2 heterocycles. The number of hydrogen-bond donors (Lipinski definition) is 2. The fraction of sp³-hybridized carbons (Fsp3) is 0.286. The quantitative estimate of drug-likeness (QED) is 0.723. The van der Waals surface area contributed by atoms with E-state index in [1.54, 1.807) is 0 Å². The summed E-state index contributed by atoms with van der Waals surface area (Å²) < 4.78 is 0. The Morgan fingerprint density at radius 1 is 1.64 bits per heavy atom. The lowest BCUT2D eigenvalue weighted by molar-refractivity contribution is -0.124. The second-order valence-electron chi connectivity index (χ2n) is 2.70. The molecule has 1 saturated heterocycles. The Kier molecular flexibility index (Phi) is 2.47. The van der Waals surface area contributed by atoms with E-state index in [9.17, 15) is 4.79 Å². The smallest absolute Gasteiger partial charge is 0.268 e. The van der Waals surface area contributed by atoms with E-state index in [4.69, 9.17) is 16.4 Å². The molecule has 1 unspecified atom stereocenters. The van der Waals surface area contributed by atoms with Crippen LogP contribution < -0.4 is 10.8 Å². The third kappa shape index (κ3) is 1.91. The van der Waals surface area contributed by atoms with E-state index >= 15 is 0 Å². The number of nitrogens with one attached hydrogen (secondary N) is 2. The molecule has 1 aromatic rings. The van der Waals surface area contributed by atoms with E-state index in [0.29, 0.717) is 5.82 Å². The predicted molar refractivity (Wildman–Crippen MR) is 48.5 cm³/mol. The molecule has 1 aliphatic rings. The average molecular weight is 215 g/mol. The molecule has 0 saturated carbocycles. The third-order valence-electron chi connectivity index (χ3n) is 1.67. The van der Waals surface area contributed by atoms with Crippen LogP contribution >= 0.6 is 11.6 Å². The molecular weight excluding hydrogens is 208 g/mol. The first-order valence-electron chi connectivity index (χ1n) is 3.91. The van der Waals surface area contributed by atoms with Gasteiger partial charge in [0, 0.05) is 0 Å². The van der Waals surface area contributed by atoms with Gasteiger partial charge in [-0.2, -0.15) is 0 Å². The lowest BCUT2D eigenvalue weighted by Gasteiger charge is -2.07. The minimum absolute atomic E-state index is 0.230. The fourth-order valence-electron chi connectivity index (χ4n) is 1.04. The number of halogens is 1. The molecule has 0 radical (unpaired) electrons. The van der Waals surface area contributed by atoms with Crippen LogP contribution in [0.1, 0.15) is 0 Å². The van der Waals surface area contributed by atoms with Gasteiger partial charge in [-0.25, -0.2) is 10.5 Å². The van der Waals surface area contributed by atoms with Crippen molar-refractivity contribution in [2.45, 2.75) is 6.04 Å². The van der Waals surface area contributed by atoms with Gasteiger partial charge in [0.05, 0.1) is 12.4 Å². The van der Waals surface area contributed by atoms with E-state index in [1.807, 2.05) is 0 Å². The van der Waals surface area contributed by atoms with Gasteiger partial charge in [-0.15, -0.1) is 0 Å². The highest BCUT2D eigenvalue weighted by Gasteiger charge is 2.25. The number of hydroxylamine groups is 1. The first-order valence-corrected chi connectivity index (χ1v) is 4.29. The van der Waals surface area contributed by atoms with Gasteiger partial charge in [0.15, 0.2) is 0 Å². The number of anilines is 1. The summed E-state index contributed by atoms with van der Waals surface area (Å²) in [5, 5.41) is 3.11. The van der Waals surface area contributed by atoms with Crippen LogP contribution in [-0.2, 0) is 9.63 Å². The van der Waals surface area contributed by atoms with Crippen LogP contribution in [0.2, 0.25) is 5.15 Å². The number of nitrogens with zero attached hydrogens (tertiary/aromatic N) is 2. The van der Waals surface area contributed by atoms with E-state index in [-0.39, 0.29) is 17.7 Å². The van der Waals surface area contributed by atoms with Crippen LogP contribution in [0.3, 0.4) is 0 Å². The zero-order valence-corrected chi connectivity index (χ0v) is 7.78. The first-order chi connectivity index (χ1) is 6.75. The SMILES string of the molecule is O=C1NOCC1Nc1cncc(Cl)n1. The van der Waals surface area contributed by atoms with Crippen molar-refractivity contribution in [2.24, 2.45) is 0 Å². The van der Waals surface area contributed by atoms with Crippen molar-refractivity contribution in [3.8, 4) is 0 Å². The largest absolute Gasteiger partial charge is 0.355 e. The Labute approximate surface area is 84.6 Å². The van der Waals surface area contributed by atoms with Crippen LogP contribution in [0.5, 0.6) is 0 Å². The highest BCUT2D eigenvalue weighted by Crippen LogP contribution is 2.09. The summed E-state index contributed by atoms with van der Waals surface area (Å²) in [5.74, 6) is 0.218. The maximum Gasteiger partial charge on any atom is 0.268 e. The lowest BCUT2D eigenvalue weighted by atomic mass is 10.3. The third-order valence-corrected chi connectivity index (χ3v) is 1.85. The topological polar surface area (TPSA) is 76.1 Å². The Hall–Kier alpha value is -1.40. The molecule has 1 amide bonds. The van der Waals surface area contributed by atoms with Crippen molar-refractivity contribution >= 4 is 23.3 Å². The molecule has 0 spiro atoms. The van der Waals surface area contributed by atoms with Gasteiger partial charge in [0.2, 0.25) is 0 Å². The van der Waals surface area contributed by atoms with E-state index in [2.05, 4.69) is 20.8 Å². The number of carbonyl (C=O) groups is 1. The van der Waals surface area contributed by atoms with Gasteiger partial charge in [-0.05, 0) is 0 Å². The van der Waals surface area contributed by atoms with Crippen molar-refractivity contribution in [1.82, 2.24) is 15.4 Å². The molecule has 14 heavy (non-hydrogen) atoms. The van der Waals surface area contributed by atoms with Crippen LogP contribution in [0.15, 0.2) is 12.4 Å². The molecule has 1 aromatic heterocycles. The van der Waals surface area contributed by atoms with Crippen molar-refractivity contribution < 1.29 is 9.63 Å². The van der Waals surface area contributed by atoms with Crippen LogP contribution in [0.25, 0.3) is 0 Å². The van der Waals surface area contributed by atoms with E-state index in [1.165, 1.54) is 12.4 Å². The predicted octanol–water partition coefficient (Wildman–Crippen LogP) is -0.0281. The molecular formula is C7H7ClN4O2. The second-order valence-corrected chi connectivity index (χ2v) is 3.09. The van der Waals surface area contributed by atoms with Crippen LogP contribution in [0.4, 0.5) is 5.82 Å². The maximum atomic E-state index is 11.1. The van der Waals surface area contributed by atoms with Gasteiger partial charge in [-0.1, -0.05) is 11.6 Å². The maximum absolute atomic E-state index is 11.1. The number of hydrogen-bond acceptors (Lipinski definition) is 5. The molecule has 0 aromatic carbocycles. The normalized spacial score (nSPS) is 20.6. The van der Waals surface area contributed by atoms with Crippen LogP contribution in [0, 0.1) is 0 Å². The minimum Gasteiger partial charge on any atom is -0.355 e. The standard InChI is InChI=1S/C7H7ClN4O2/c8-5-1-9-2-6(11-5)10-4-3-14-12-7(4)13/h1-2,4H,3H2,(H,10,11)(H,12,13). The summed E-state index contributed by atoms with van der Waals surface area (Å²) in [4.78, 5) is 23.6. The molecule has 2 N–H and O–H groups in total. The summed E-state index contributed by atoms with van der Waals surface area (Å²) in [6.45, 7) is 0.257. The minimum atomic E-state index is -0.442. The summed E-state index contributed by atoms with van der Waals surface area (Å²) in [7, 11) is 0. The number of carbonyl (C=O) groups excluding carboxylic acids is 1. The van der Waals surface area contributed by atoms with E-state index in [0.717, 1.165) is 0 Å². The molecule has 1 aliphatic heterocycles. The van der Waals surface area contributed by atoms with Gasteiger partial charge in [0.25, 0.3) is 5.91 Å². The second kappa shape index (κ2) is 3.77. The van der Waals surface area contributed by atoms with Crippen LogP contribution in [-0.4, -0.2) is 28.5 Å². The van der Waals surface area contributed by atoms with Gasteiger partial charge >= 0.3 is 0 Å². The lowest BCUT2D eigenvalue weighted by Crippen LogP contribution is -2.31. The van der Waals surface area contributed by atoms with Crippen molar-refractivity contribution in [3.63, 3.8) is 0 Å². The summed E-state index contributed by atoms with van der Waals surface area (Å²) in [5.41, 5.74) is 2.22. The molecule has 7 heteroatoms. The summed E-state index contributed by atoms with van der Waals surface area (Å²) in [6.07, 6.45) is 2.90. The Balaban J connectivity index is 2.07. The highest BCUT2D eigenvalue weighted by molar-refractivity contribution is 6.29. The van der Waals surface area contributed by atoms with Crippen molar-refractivity contribution in [1.29, 1.82) is 0 Å². The highest BCUT2D eigenvalue weighted by atomic mass is 35.5. The average Bonchev–Trinajstić information content (AvgIpc) is 2.52. The van der Waals surface area contributed by atoms with Crippen molar-refractivity contribution in [3.05, 3.63) is 17.5 Å². The molecule has 2 rings (SSSR count).